The highest BCUT2D eigenvalue weighted by molar-refractivity contribution is 9.08. The van der Waals surface area contributed by atoms with Gasteiger partial charge in [0, 0.05) is 10.9 Å². The lowest BCUT2D eigenvalue weighted by atomic mass is 10.0. The second-order valence-electron chi connectivity index (χ2n) is 3.29. The van der Waals surface area contributed by atoms with Crippen molar-refractivity contribution in [1.82, 2.24) is 0 Å². The third-order valence-electron chi connectivity index (χ3n) is 2.23. The summed E-state index contributed by atoms with van der Waals surface area (Å²) < 4.78 is 18.6. The molecular weight excluding hydrogens is 289 g/mol. The minimum absolute atomic E-state index is 0.0611. The van der Waals surface area contributed by atoms with Crippen molar-refractivity contribution < 1.29 is 13.9 Å². The first-order valence-corrected chi connectivity index (χ1v) is 6.18. The van der Waals surface area contributed by atoms with Crippen LogP contribution in [0.3, 0.4) is 0 Å². The van der Waals surface area contributed by atoms with Crippen molar-refractivity contribution in [1.29, 1.82) is 5.26 Å². The maximum absolute atomic E-state index is 13.9. The number of nitrogens with zero attached hydrogens (tertiary/aromatic N) is 1. The van der Waals surface area contributed by atoms with Gasteiger partial charge in [0.15, 0.2) is 0 Å². The number of esters is 1. The zero-order valence-corrected chi connectivity index (χ0v) is 10.9. The standard InChI is InChI=1S/C12H11BrFNO2/c1-2-17-11(16)5-10-8(6-13)3-4-9(7-15)12(10)14/h3-4H,2,5-6H2,1H3. The summed E-state index contributed by atoms with van der Waals surface area (Å²) in [6.45, 7) is 1.94. The molecular formula is C12H11BrFNO2. The molecule has 0 N–H and O–H groups in total. The summed E-state index contributed by atoms with van der Waals surface area (Å²) in [5, 5.41) is 9.15. The maximum Gasteiger partial charge on any atom is 0.310 e. The van der Waals surface area contributed by atoms with Gasteiger partial charge in [-0.2, -0.15) is 5.26 Å². The Balaban J connectivity index is 3.11. The Bertz CT molecular complexity index is 468. The van der Waals surface area contributed by atoms with Gasteiger partial charge in [-0.1, -0.05) is 22.0 Å². The SMILES string of the molecule is CCOC(=O)Cc1c(CBr)ccc(C#N)c1F. The van der Waals surface area contributed by atoms with E-state index in [-0.39, 0.29) is 24.2 Å². The smallest absolute Gasteiger partial charge is 0.310 e. The summed E-state index contributed by atoms with van der Waals surface area (Å²) in [6, 6.07) is 4.78. The Labute approximate surface area is 107 Å². The first kappa shape index (κ1) is 13.7. The van der Waals surface area contributed by atoms with Crippen LogP contribution >= 0.6 is 15.9 Å². The van der Waals surface area contributed by atoms with Crippen molar-refractivity contribution in [2.24, 2.45) is 0 Å². The molecule has 0 heterocycles. The predicted molar refractivity (Wildman–Crippen MR) is 64.1 cm³/mol. The summed E-state index contributed by atoms with van der Waals surface area (Å²) in [4.78, 5) is 11.3. The highest BCUT2D eigenvalue weighted by Crippen LogP contribution is 2.20. The summed E-state index contributed by atoms with van der Waals surface area (Å²) in [5.41, 5.74) is 0.808. The number of benzene rings is 1. The van der Waals surface area contributed by atoms with Crippen LogP contribution in [0.5, 0.6) is 0 Å². The second kappa shape index (κ2) is 6.36. The predicted octanol–water partition coefficient (Wildman–Crippen LogP) is 2.70. The summed E-state index contributed by atoms with van der Waals surface area (Å²) >= 11 is 3.22. The van der Waals surface area contributed by atoms with E-state index in [1.807, 2.05) is 0 Å². The Morgan fingerprint density at radius 2 is 2.29 bits per heavy atom. The van der Waals surface area contributed by atoms with Crippen LogP contribution in [0, 0.1) is 17.1 Å². The van der Waals surface area contributed by atoms with Gasteiger partial charge < -0.3 is 4.74 Å². The van der Waals surface area contributed by atoms with Crippen LogP contribution < -0.4 is 0 Å². The lowest BCUT2D eigenvalue weighted by molar-refractivity contribution is -0.142. The van der Waals surface area contributed by atoms with Crippen molar-refractivity contribution in [3.8, 4) is 6.07 Å². The van der Waals surface area contributed by atoms with Gasteiger partial charge in [-0.05, 0) is 18.6 Å². The summed E-state index contributed by atoms with van der Waals surface area (Å²) in [5.74, 6) is -1.14. The molecule has 0 radical (unpaired) electrons. The zero-order valence-electron chi connectivity index (χ0n) is 9.30. The quantitative estimate of drug-likeness (QED) is 0.634. The van der Waals surface area contributed by atoms with Gasteiger partial charge in [-0.15, -0.1) is 0 Å². The van der Waals surface area contributed by atoms with Crippen LogP contribution in [-0.2, 0) is 21.3 Å². The lowest BCUT2D eigenvalue weighted by Gasteiger charge is -2.09. The van der Waals surface area contributed by atoms with Crippen molar-refractivity contribution >= 4 is 21.9 Å². The highest BCUT2D eigenvalue weighted by Gasteiger charge is 2.16. The number of carbonyl (C=O) groups excluding carboxylic acids is 1. The number of ether oxygens (including phenoxy) is 1. The molecule has 0 bridgehead atoms. The van der Waals surface area contributed by atoms with E-state index in [1.165, 1.54) is 6.07 Å². The van der Waals surface area contributed by atoms with Crippen molar-refractivity contribution in [3.05, 3.63) is 34.6 Å². The summed E-state index contributed by atoms with van der Waals surface area (Å²) in [7, 11) is 0. The fraction of sp³-hybridized carbons (Fsp3) is 0.333. The van der Waals surface area contributed by atoms with Crippen LogP contribution in [0.4, 0.5) is 4.39 Å². The van der Waals surface area contributed by atoms with Crippen LogP contribution in [-0.4, -0.2) is 12.6 Å². The monoisotopic (exact) mass is 299 g/mol. The fourth-order valence-corrected chi connectivity index (χ4v) is 1.95. The Morgan fingerprint density at radius 1 is 1.59 bits per heavy atom. The number of alkyl halides is 1. The molecule has 17 heavy (non-hydrogen) atoms. The molecule has 0 saturated heterocycles. The van der Waals surface area contributed by atoms with E-state index in [0.29, 0.717) is 10.9 Å². The molecule has 3 nitrogen and oxygen atoms in total. The first-order chi connectivity index (χ1) is 8.13. The number of carbonyl (C=O) groups is 1. The average Bonchev–Trinajstić information content (AvgIpc) is 2.32. The summed E-state index contributed by atoms with van der Waals surface area (Å²) in [6.07, 6.45) is -0.157. The van der Waals surface area contributed by atoms with Crippen LogP contribution in [0.1, 0.15) is 23.6 Å². The third-order valence-corrected chi connectivity index (χ3v) is 2.84. The third kappa shape index (κ3) is 3.27. The van der Waals surface area contributed by atoms with Crippen molar-refractivity contribution in [2.45, 2.75) is 18.7 Å². The van der Waals surface area contributed by atoms with E-state index in [4.69, 9.17) is 10.00 Å². The van der Waals surface area contributed by atoms with Gasteiger partial charge in [0.05, 0.1) is 18.6 Å². The maximum atomic E-state index is 13.9. The van der Waals surface area contributed by atoms with Crippen LogP contribution in [0.2, 0.25) is 0 Å². The number of halogens is 2. The molecule has 0 fully saturated rings. The molecule has 0 aliphatic carbocycles. The van der Waals surface area contributed by atoms with E-state index in [9.17, 15) is 9.18 Å². The second-order valence-corrected chi connectivity index (χ2v) is 3.85. The molecule has 1 rings (SSSR count). The van der Waals surface area contributed by atoms with Crippen LogP contribution in [0.15, 0.2) is 12.1 Å². The molecule has 1 aromatic rings. The highest BCUT2D eigenvalue weighted by atomic mass is 79.9. The molecule has 0 atom stereocenters. The molecule has 0 spiro atoms. The van der Waals surface area contributed by atoms with E-state index < -0.39 is 11.8 Å². The largest absolute Gasteiger partial charge is 0.466 e. The average molecular weight is 300 g/mol. The molecule has 0 saturated carbocycles. The van der Waals surface area contributed by atoms with E-state index in [2.05, 4.69) is 15.9 Å². The molecule has 0 aromatic heterocycles. The fourth-order valence-electron chi connectivity index (χ4n) is 1.42. The lowest BCUT2D eigenvalue weighted by Crippen LogP contribution is -2.11. The van der Waals surface area contributed by atoms with Gasteiger partial charge in [-0.3, -0.25) is 4.79 Å². The van der Waals surface area contributed by atoms with Gasteiger partial charge in [-0.25, -0.2) is 4.39 Å². The minimum atomic E-state index is -0.641. The first-order valence-electron chi connectivity index (χ1n) is 5.06. The molecule has 0 unspecified atom stereocenters. The normalized spacial score (nSPS) is 9.76. The number of rotatable bonds is 4. The van der Waals surface area contributed by atoms with Crippen molar-refractivity contribution in [2.75, 3.05) is 6.61 Å². The number of nitriles is 1. The molecule has 0 aliphatic rings. The molecule has 1 aromatic carbocycles. The Kier molecular flexibility index (Phi) is 5.11. The van der Waals surface area contributed by atoms with Gasteiger partial charge in [0.1, 0.15) is 11.9 Å². The Morgan fingerprint density at radius 3 is 2.82 bits per heavy atom. The molecule has 0 aliphatic heterocycles. The van der Waals surface area contributed by atoms with Gasteiger partial charge >= 0.3 is 5.97 Å². The topological polar surface area (TPSA) is 50.1 Å². The zero-order chi connectivity index (χ0) is 12.8. The van der Waals surface area contributed by atoms with Crippen molar-refractivity contribution in [3.63, 3.8) is 0 Å². The van der Waals surface area contributed by atoms with E-state index >= 15 is 0 Å². The molecule has 90 valence electrons. The minimum Gasteiger partial charge on any atom is -0.466 e. The van der Waals surface area contributed by atoms with E-state index in [1.54, 1.807) is 19.1 Å². The van der Waals surface area contributed by atoms with E-state index in [0.717, 1.165) is 0 Å². The van der Waals surface area contributed by atoms with Gasteiger partial charge in [0.2, 0.25) is 0 Å². The molecule has 0 amide bonds. The van der Waals surface area contributed by atoms with Crippen LogP contribution in [0.25, 0.3) is 0 Å². The number of hydrogen-bond donors (Lipinski definition) is 0. The number of hydrogen-bond acceptors (Lipinski definition) is 3. The molecule has 5 heteroatoms. The van der Waals surface area contributed by atoms with Gasteiger partial charge in [0.25, 0.3) is 0 Å². The Hall–Kier alpha value is -1.41.